The Morgan fingerprint density at radius 3 is 1.75 bits per heavy atom. The summed E-state index contributed by atoms with van der Waals surface area (Å²) in [5.74, 6) is -3.99. The molecular weight excluding hydrogens is 551 g/mol. The second kappa shape index (κ2) is 9.75. The van der Waals surface area contributed by atoms with Crippen LogP contribution >= 0.6 is 23.2 Å². The molecule has 1 saturated heterocycles. The average Bonchev–Trinajstić information content (AvgIpc) is 3.22. The second-order valence-corrected chi connectivity index (χ2v) is 11.5. The van der Waals surface area contributed by atoms with E-state index in [1.807, 2.05) is 55.5 Å². The normalized spacial score (nSPS) is 25.7. The van der Waals surface area contributed by atoms with E-state index in [1.54, 1.807) is 24.3 Å². The summed E-state index contributed by atoms with van der Waals surface area (Å²) in [5.41, 5.74) is 3.58. The summed E-state index contributed by atoms with van der Waals surface area (Å²) < 4.78 is 5.20. The monoisotopic (exact) mass is 576 g/mol. The van der Waals surface area contributed by atoms with Crippen LogP contribution in [0.2, 0.25) is 0 Å². The van der Waals surface area contributed by atoms with Crippen molar-refractivity contribution in [1.82, 2.24) is 4.90 Å². The zero-order valence-electron chi connectivity index (χ0n) is 21.7. The van der Waals surface area contributed by atoms with Crippen molar-refractivity contribution in [1.29, 1.82) is 0 Å². The first-order valence-electron chi connectivity index (χ1n) is 13.2. The van der Waals surface area contributed by atoms with Gasteiger partial charge in [0.15, 0.2) is 0 Å². The van der Waals surface area contributed by atoms with Crippen LogP contribution in [0, 0.1) is 11.8 Å². The summed E-state index contributed by atoms with van der Waals surface area (Å²) in [6, 6.07) is 21.0. The molecule has 9 heteroatoms. The molecule has 7 rings (SSSR count). The molecule has 1 N–H and O–H groups in total. The van der Waals surface area contributed by atoms with Crippen LogP contribution in [0.5, 0.6) is 0 Å². The number of esters is 1. The van der Waals surface area contributed by atoms with Crippen LogP contribution in [0.3, 0.4) is 0 Å². The Morgan fingerprint density at radius 2 is 1.30 bits per heavy atom. The van der Waals surface area contributed by atoms with E-state index in [4.69, 9.17) is 27.9 Å². The number of hydrogen-bond donors (Lipinski definition) is 1. The van der Waals surface area contributed by atoms with Gasteiger partial charge in [0.05, 0.1) is 24.0 Å². The highest BCUT2D eigenvalue weighted by Gasteiger charge is 2.73. The van der Waals surface area contributed by atoms with Crippen molar-refractivity contribution in [2.45, 2.75) is 29.5 Å². The number of nitrogens with one attached hydrogen (secondary N) is 1. The molecule has 0 spiro atoms. The summed E-state index contributed by atoms with van der Waals surface area (Å²) in [4.78, 5) is 51.2. The Morgan fingerprint density at radius 1 is 0.825 bits per heavy atom. The predicted molar refractivity (Wildman–Crippen MR) is 150 cm³/mol. The minimum Gasteiger partial charge on any atom is -0.462 e. The fourth-order valence-corrected chi connectivity index (χ4v) is 7.40. The molecule has 1 aliphatic heterocycles. The fraction of sp³-hybridized carbons (Fsp3) is 0.290. The standard InChI is InChI=1S/C31H26Cl2N2O5/c1-2-3-16-40-29(39)18-12-14-19(15-13-18)34-24(36)17-35-27(37)25-26(28(35)38)31(33)21-9-5-4-8-20(21)30(25,32)22-10-6-7-11-23(22)31/h4-15,25-26H,2-3,16-17H2,1H3,(H,34,36)/t25-,26-,30?,31?/m1/s1. The number of unbranched alkanes of at least 4 members (excludes halogenated alkanes) is 1. The molecule has 0 radical (unpaired) electrons. The van der Waals surface area contributed by atoms with E-state index in [9.17, 15) is 19.2 Å². The Kier molecular flexibility index (Phi) is 6.47. The smallest absolute Gasteiger partial charge is 0.338 e. The molecule has 4 aliphatic rings. The van der Waals surface area contributed by atoms with Crippen molar-refractivity contribution in [3.05, 3.63) is 101 Å². The summed E-state index contributed by atoms with van der Waals surface area (Å²) in [6.45, 7) is 1.86. The number of halogens is 2. The van der Waals surface area contributed by atoms with Gasteiger partial charge in [-0.25, -0.2) is 4.79 Å². The molecule has 1 heterocycles. The van der Waals surface area contributed by atoms with Gasteiger partial charge in [-0.2, -0.15) is 0 Å². The Balaban J connectivity index is 1.25. The van der Waals surface area contributed by atoms with E-state index in [2.05, 4.69) is 5.32 Å². The summed E-state index contributed by atoms with van der Waals surface area (Å²) >= 11 is 14.8. The van der Waals surface area contributed by atoms with Gasteiger partial charge in [-0.3, -0.25) is 19.3 Å². The lowest BCUT2D eigenvalue weighted by Gasteiger charge is -2.54. The lowest BCUT2D eigenvalue weighted by atomic mass is 9.54. The van der Waals surface area contributed by atoms with Crippen LogP contribution in [0.25, 0.3) is 0 Å². The van der Waals surface area contributed by atoms with Crippen molar-refractivity contribution >= 4 is 52.6 Å². The number of alkyl halides is 2. The number of amides is 3. The highest BCUT2D eigenvalue weighted by atomic mass is 35.5. The molecule has 40 heavy (non-hydrogen) atoms. The SMILES string of the molecule is CCCCOC(=O)c1ccc(NC(=O)CN2C(=O)[C@H]3[C@H](C2=O)C2(Cl)c4ccccc4C3(Cl)c3ccccc32)cc1. The highest BCUT2D eigenvalue weighted by Crippen LogP contribution is 2.69. The first-order chi connectivity index (χ1) is 19.2. The third-order valence-corrected chi connectivity index (χ3v) is 9.40. The quantitative estimate of drug-likeness (QED) is 0.181. The van der Waals surface area contributed by atoms with Crippen molar-refractivity contribution in [2.75, 3.05) is 18.5 Å². The maximum atomic E-state index is 13.9. The number of carbonyl (C=O) groups excluding carboxylic acids is 4. The Bertz CT molecular complexity index is 1430. The highest BCUT2D eigenvalue weighted by molar-refractivity contribution is 6.36. The number of likely N-dealkylation sites (tertiary alicyclic amines) is 1. The number of nitrogens with zero attached hydrogens (tertiary/aromatic N) is 1. The lowest BCUT2D eigenvalue weighted by molar-refractivity contribution is -0.142. The Hall–Kier alpha value is -3.68. The largest absolute Gasteiger partial charge is 0.462 e. The van der Waals surface area contributed by atoms with Crippen molar-refractivity contribution in [3.63, 3.8) is 0 Å². The Labute approximate surface area is 241 Å². The van der Waals surface area contributed by atoms with Crippen LogP contribution in [0.1, 0.15) is 52.4 Å². The number of anilines is 1. The minimum absolute atomic E-state index is 0.344. The van der Waals surface area contributed by atoms with Gasteiger partial charge < -0.3 is 10.1 Å². The van der Waals surface area contributed by atoms with Gasteiger partial charge in [0.2, 0.25) is 17.7 Å². The van der Waals surface area contributed by atoms with Crippen molar-refractivity contribution < 1.29 is 23.9 Å². The number of imide groups is 1. The molecule has 3 aliphatic carbocycles. The van der Waals surface area contributed by atoms with E-state index < -0.39 is 51.8 Å². The molecule has 0 aromatic heterocycles. The van der Waals surface area contributed by atoms with E-state index >= 15 is 0 Å². The van der Waals surface area contributed by atoms with Gasteiger partial charge in [0.25, 0.3) is 0 Å². The molecule has 3 amide bonds. The molecule has 2 bridgehead atoms. The maximum absolute atomic E-state index is 13.9. The van der Waals surface area contributed by atoms with Gasteiger partial charge in [0.1, 0.15) is 16.3 Å². The van der Waals surface area contributed by atoms with E-state index in [0.717, 1.165) is 17.7 Å². The van der Waals surface area contributed by atoms with E-state index in [1.165, 1.54) is 0 Å². The zero-order chi connectivity index (χ0) is 28.2. The number of hydrogen-bond acceptors (Lipinski definition) is 5. The van der Waals surface area contributed by atoms with Crippen molar-refractivity contribution in [2.24, 2.45) is 11.8 Å². The summed E-state index contributed by atoms with van der Waals surface area (Å²) in [7, 11) is 0. The number of benzene rings is 3. The predicted octanol–water partition coefficient (Wildman–Crippen LogP) is 5.18. The third kappa shape index (κ3) is 3.71. The molecule has 0 unspecified atom stereocenters. The van der Waals surface area contributed by atoms with Gasteiger partial charge in [0, 0.05) is 5.69 Å². The van der Waals surface area contributed by atoms with Gasteiger partial charge in [-0.05, 0) is 52.9 Å². The molecule has 3 aromatic carbocycles. The molecule has 7 nitrogen and oxygen atoms in total. The van der Waals surface area contributed by atoms with Crippen LogP contribution in [-0.2, 0) is 28.9 Å². The van der Waals surface area contributed by atoms with Gasteiger partial charge in [-0.15, -0.1) is 23.2 Å². The molecular formula is C31H26Cl2N2O5. The van der Waals surface area contributed by atoms with Crippen LogP contribution in [0.15, 0.2) is 72.8 Å². The average molecular weight is 577 g/mol. The molecule has 2 atom stereocenters. The van der Waals surface area contributed by atoms with Crippen LogP contribution in [0.4, 0.5) is 5.69 Å². The molecule has 0 saturated carbocycles. The van der Waals surface area contributed by atoms with E-state index in [-0.39, 0.29) is 0 Å². The second-order valence-electron chi connectivity index (χ2n) is 10.3. The van der Waals surface area contributed by atoms with Crippen molar-refractivity contribution in [3.8, 4) is 0 Å². The number of rotatable bonds is 7. The first kappa shape index (κ1) is 26.5. The lowest BCUT2D eigenvalue weighted by Crippen LogP contribution is -2.57. The third-order valence-electron chi connectivity index (χ3n) is 8.11. The topological polar surface area (TPSA) is 92.8 Å². The van der Waals surface area contributed by atoms with Gasteiger partial charge in [-0.1, -0.05) is 61.9 Å². The van der Waals surface area contributed by atoms with E-state index in [0.29, 0.717) is 40.1 Å². The minimum atomic E-state index is -1.30. The van der Waals surface area contributed by atoms with Crippen LogP contribution < -0.4 is 5.32 Å². The summed E-state index contributed by atoms with van der Waals surface area (Å²) in [6.07, 6.45) is 1.70. The number of ether oxygens (including phenoxy) is 1. The first-order valence-corrected chi connectivity index (χ1v) is 14.0. The zero-order valence-corrected chi connectivity index (χ0v) is 23.2. The molecule has 3 aromatic rings. The van der Waals surface area contributed by atoms with Crippen LogP contribution in [-0.4, -0.2) is 41.7 Å². The fourth-order valence-electron chi connectivity index (χ4n) is 6.31. The maximum Gasteiger partial charge on any atom is 0.338 e. The molecule has 204 valence electrons. The van der Waals surface area contributed by atoms with Gasteiger partial charge >= 0.3 is 5.97 Å². The number of carbonyl (C=O) groups is 4. The molecule has 1 fully saturated rings. The summed E-state index contributed by atoms with van der Waals surface area (Å²) in [5, 5.41) is 2.70.